The van der Waals surface area contributed by atoms with Crippen molar-refractivity contribution in [3.8, 4) is 0 Å². The van der Waals surface area contributed by atoms with Crippen LogP contribution in [0.1, 0.15) is 43.1 Å². The van der Waals surface area contributed by atoms with E-state index in [9.17, 15) is 13.2 Å². The molecule has 0 N–H and O–H groups in total. The number of amides is 1. The molecule has 1 atom stereocenters. The molecule has 0 aliphatic carbocycles. The first-order valence-corrected chi connectivity index (χ1v) is 9.35. The van der Waals surface area contributed by atoms with Gasteiger partial charge in [-0.25, -0.2) is 8.42 Å². The number of benzene rings is 1. The maximum atomic E-state index is 12.5. The molecule has 21 heavy (non-hydrogen) atoms. The van der Waals surface area contributed by atoms with Crippen molar-refractivity contribution in [2.45, 2.75) is 39.0 Å². The maximum Gasteiger partial charge on any atom is 0.261 e. The predicted octanol–water partition coefficient (Wildman–Crippen LogP) is 3.43. The third kappa shape index (κ3) is 5.00. The molecule has 1 aromatic rings. The first kappa shape index (κ1) is 18.0. The van der Waals surface area contributed by atoms with Crippen molar-refractivity contribution in [2.75, 3.05) is 13.1 Å². The average Bonchev–Trinajstić information content (AvgIpc) is 2.42. The van der Waals surface area contributed by atoms with Crippen molar-refractivity contribution < 1.29 is 13.2 Å². The van der Waals surface area contributed by atoms with Gasteiger partial charge < -0.3 is 4.90 Å². The highest BCUT2D eigenvalue weighted by Gasteiger charge is 2.19. The molecule has 0 fully saturated rings. The Morgan fingerprint density at radius 3 is 2.38 bits per heavy atom. The van der Waals surface area contributed by atoms with Crippen molar-refractivity contribution in [3.63, 3.8) is 0 Å². The zero-order valence-corrected chi connectivity index (χ0v) is 14.5. The largest absolute Gasteiger partial charge is 0.339 e. The second kappa shape index (κ2) is 7.27. The number of nitrogens with zero attached hydrogens (tertiary/aromatic N) is 1. The van der Waals surface area contributed by atoms with Crippen molar-refractivity contribution >= 4 is 25.6 Å². The minimum atomic E-state index is -3.84. The van der Waals surface area contributed by atoms with Gasteiger partial charge in [0.1, 0.15) is 0 Å². The summed E-state index contributed by atoms with van der Waals surface area (Å²) in [6.07, 6.45) is 0.985. The fourth-order valence-corrected chi connectivity index (χ4v) is 2.92. The van der Waals surface area contributed by atoms with Gasteiger partial charge >= 0.3 is 0 Å². The zero-order chi connectivity index (χ0) is 16.2. The normalized spacial score (nSPS) is 13.0. The maximum absolute atomic E-state index is 12.5. The number of carbonyl (C=O) groups is 1. The minimum Gasteiger partial charge on any atom is -0.339 e. The van der Waals surface area contributed by atoms with Crippen LogP contribution >= 0.6 is 10.7 Å². The number of hydrogen-bond donors (Lipinski definition) is 0. The van der Waals surface area contributed by atoms with Crippen LogP contribution in [0, 0.1) is 12.8 Å². The fourth-order valence-electron chi connectivity index (χ4n) is 2.06. The molecule has 1 unspecified atom stereocenters. The van der Waals surface area contributed by atoms with E-state index >= 15 is 0 Å². The molecule has 0 radical (unpaired) electrons. The summed E-state index contributed by atoms with van der Waals surface area (Å²) in [4.78, 5) is 14.2. The molecule has 1 aromatic carbocycles. The van der Waals surface area contributed by atoms with Crippen LogP contribution in [0.15, 0.2) is 23.1 Å². The molecule has 0 saturated carbocycles. The lowest BCUT2D eigenvalue weighted by molar-refractivity contribution is 0.0740. The summed E-state index contributed by atoms with van der Waals surface area (Å²) in [5.41, 5.74) is 1.05. The third-order valence-corrected chi connectivity index (χ3v) is 4.81. The van der Waals surface area contributed by atoms with Crippen LogP contribution in [-0.2, 0) is 9.05 Å². The Labute approximate surface area is 131 Å². The highest BCUT2D eigenvalue weighted by Crippen LogP contribution is 2.20. The summed E-state index contributed by atoms with van der Waals surface area (Å²) in [7, 11) is 1.53. The van der Waals surface area contributed by atoms with Crippen LogP contribution < -0.4 is 0 Å². The van der Waals surface area contributed by atoms with Crippen LogP contribution in [0.2, 0.25) is 0 Å². The monoisotopic (exact) mass is 331 g/mol. The highest BCUT2D eigenvalue weighted by atomic mass is 35.7. The Morgan fingerprint density at radius 1 is 1.29 bits per heavy atom. The van der Waals surface area contributed by atoms with E-state index in [4.69, 9.17) is 10.7 Å². The number of carbonyl (C=O) groups excluding carboxylic acids is 1. The molecule has 0 bridgehead atoms. The summed E-state index contributed by atoms with van der Waals surface area (Å²) in [6, 6.07) is 4.49. The van der Waals surface area contributed by atoms with Crippen LogP contribution in [-0.4, -0.2) is 32.3 Å². The Balaban J connectivity index is 3.14. The van der Waals surface area contributed by atoms with E-state index in [-0.39, 0.29) is 10.8 Å². The zero-order valence-electron chi connectivity index (χ0n) is 12.9. The second-order valence-corrected chi connectivity index (χ2v) is 7.90. The van der Waals surface area contributed by atoms with Crippen molar-refractivity contribution in [1.82, 2.24) is 4.90 Å². The van der Waals surface area contributed by atoms with E-state index in [1.807, 2.05) is 6.92 Å². The van der Waals surface area contributed by atoms with E-state index in [0.717, 1.165) is 6.42 Å². The quantitative estimate of drug-likeness (QED) is 0.750. The number of aryl methyl sites for hydroxylation is 1. The van der Waals surface area contributed by atoms with Gasteiger partial charge in [-0.1, -0.05) is 20.3 Å². The van der Waals surface area contributed by atoms with Gasteiger partial charge in [-0.2, -0.15) is 0 Å². The summed E-state index contributed by atoms with van der Waals surface area (Å²) < 4.78 is 22.9. The first-order chi connectivity index (χ1) is 9.68. The van der Waals surface area contributed by atoms with E-state index < -0.39 is 9.05 Å². The lowest BCUT2D eigenvalue weighted by Crippen LogP contribution is -2.34. The summed E-state index contributed by atoms with van der Waals surface area (Å²) in [6.45, 7) is 9.06. The fraction of sp³-hybridized carbons (Fsp3) is 0.533. The summed E-state index contributed by atoms with van der Waals surface area (Å²) >= 11 is 0. The van der Waals surface area contributed by atoms with Crippen molar-refractivity contribution in [1.29, 1.82) is 0 Å². The number of hydrogen-bond acceptors (Lipinski definition) is 3. The molecule has 6 heteroatoms. The van der Waals surface area contributed by atoms with Gasteiger partial charge in [-0.05, 0) is 43.5 Å². The van der Waals surface area contributed by atoms with Crippen molar-refractivity contribution in [2.24, 2.45) is 5.92 Å². The van der Waals surface area contributed by atoms with Gasteiger partial charge in [-0.3, -0.25) is 4.79 Å². The molecule has 1 amide bonds. The van der Waals surface area contributed by atoms with Crippen molar-refractivity contribution in [3.05, 3.63) is 29.3 Å². The molecule has 0 aromatic heterocycles. The van der Waals surface area contributed by atoms with Gasteiger partial charge in [0.15, 0.2) is 0 Å². The lowest BCUT2D eigenvalue weighted by Gasteiger charge is -2.24. The molecule has 4 nitrogen and oxygen atoms in total. The molecule has 118 valence electrons. The average molecular weight is 332 g/mol. The van der Waals surface area contributed by atoms with E-state index in [1.165, 1.54) is 12.1 Å². The Hall–Kier alpha value is -1.07. The number of halogens is 1. The van der Waals surface area contributed by atoms with E-state index in [0.29, 0.717) is 30.1 Å². The SMILES string of the molecule is CCC(C)CN(CC)C(=O)c1cc(C)cc(S(=O)(=O)Cl)c1. The molecule has 0 aliphatic heterocycles. The molecular formula is C15H22ClNO3S. The molecule has 0 spiro atoms. The first-order valence-electron chi connectivity index (χ1n) is 7.04. The Kier molecular flexibility index (Phi) is 6.23. The van der Waals surface area contributed by atoms with Gasteiger partial charge in [-0.15, -0.1) is 0 Å². The molecule has 0 heterocycles. The second-order valence-electron chi connectivity index (χ2n) is 5.33. The van der Waals surface area contributed by atoms with Gasteiger partial charge in [0.2, 0.25) is 0 Å². The topological polar surface area (TPSA) is 54.5 Å². The van der Waals surface area contributed by atoms with Crippen LogP contribution in [0.25, 0.3) is 0 Å². The summed E-state index contributed by atoms with van der Waals surface area (Å²) in [5.74, 6) is 0.234. The lowest BCUT2D eigenvalue weighted by atomic mass is 10.1. The van der Waals surface area contributed by atoms with Crippen LogP contribution in [0.3, 0.4) is 0 Å². The van der Waals surface area contributed by atoms with Crippen LogP contribution in [0.5, 0.6) is 0 Å². The number of rotatable bonds is 6. The van der Waals surface area contributed by atoms with Gasteiger partial charge in [0, 0.05) is 29.3 Å². The Morgan fingerprint density at radius 2 is 1.90 bits per heavy atom. The van der Waals surface area contributed by atoms with Crippen LogP contribution in [0.4, 0.5) is 0 Å². The molecule has 0 aliphatic rings. The minimum absolute atomic E-state index is 0.0351. The molecular weight excluding hydrogens is 310 g/mol. The van der Waals surface area contributed by atoms with Gasteiger partial charge in [0.05, 0.1) is 4.90 Å². The van der Waals surface area contributed by atoms with E-state index in [1.54, 1.807) is 17.9 Å². The van der Waals surface area contributed by atoms with E-state index in [2.05, 4.69) is 13.8 Å². The highest BCUT2D eigenvalue weighted by molar-refractivity contribution is 8.13. The smallest absolute Gasteiger partial charge is 0.261 e. The summed E-state index contributed by atoms with van der Waals surface area (Å²) in [5, 5.41) is 0. The molecule has 0 saturated heterocycles. The Bertz CT molecular complexity index is 613. The third-order valence-electron chi connectivity index (χ3n) is 3.48. The predicted molar refractivity (Wildman–Crippen MR) is 85.3 cm³/mol. The van der Waals surface area contributed by atoms with Gasteiger partial charge in [0.25, 0.3) is 15.0 Å². The standard InChI is InChI=1S/C15H22ClNO3S/c1-5-11(3)10-17(6-2)15(18)13-7-12(4)8-14(9-13)21(16,19)20/h7-9,11H,5-6,10H2,1-4H3. The molecule has 1 rings (SSSR count).